The van der Waals surface area contributed by atoms with Crippen LogP contribution < -0.4 is 5.32 Å². The van der Waals surface area contributed by atoms with Crippen LogP contribution in [0.5, 0.6) is 0 Å². The van der Waals surface area contributed by atoms with E-state index in [2.05, 4.69) is 10.1 Å². The molecule has 0 aliphatic carbocycles. The van der Waals surface area contributed by atoms with Gasteiger partial charge in [-0.1, -0.05) is 30.3 Å². The van der Waals surface area contributed by atoms with Crippen LogP contribution in [0.3, 0.4) is 0 Å². The van der Waals surface area contributed by atoms with Gasteiger partial charge in [0.05, 0.1) is 13.7 Å². The number of methoxy groups -OCH3 is 2. The van der Waals surface area contributed by atoms with Crippen molar-refractivity contribution in [2.24, 2.45) is 0 Å². The largest absolute Gasteiger partial charge is 0.467 e. The minimum Gasteiger partial charge on any atom is -0.467 e. The summed E-state index contributed by atoms with van der Waals surface area (Å²) in [5.74, 6) is -1.23. The number of nitrogens with one attached hydrogen (secondary N) is 1. The van der Waals surface area contributed by atoms with E-state index in [0.717, 1.165) is 7.11 Å². The maximum absolute atomic E-state index is 11.9. The third-order valence-electron chi connectivity index (χ3n) is 2.52. The van der Waals surface area contributed by atoms with Crippen molar-refractivity contribution in [3.05, 3.63) is 35.9 Å². The van der Waals surface area contributed by atoms with Gasteiger partial charge in [-0.15, -0.1) is 0 Å². The molecule has 6 heteroatoms. The van der Waals surface area contributed by atoms with Crippen LogP contribution in [0.2, 0.25) is 0 Å². The zero-order valence-electron chi connectivity index (χ0n) is 10.8. The molecule has 0 fully saturated rings. The lowest BCUT2D eigenvalue weighted by molar-refractivity contribution is -0.150. The second kappa shape index (κ2) is 7.50. The van der Waals surface area contributed by atoms with Gasteiger partial charge in [0.2, 0.25) is 0 Å². The lowest BCUT2D eigenvalue weighted by Gasteiger charge is -2.16. The predicted octanol–water partition coefficient (Wildman–Crippen LogP) is 0.0242. The highest BCUT2D eigenvalue weighted by atomic mass is 16.5. The van der Waals surface area contributed by atoms with Gasteiger partial charge in [-0.05, 0) is 5.56 Å². The molecule has 0 bridgehead atoms. The van der Waals surface area contributed by atoms with E-state index in [1.165, 1.54) is 7.11 Å². The maximum atomic E-state index is 11.9. The number of rotatable bonds is 6. The first kappa shape index (κ1) is 15.1. The third kappa shape index (κ3) is 4.35. The Morgan fingerprint density at radius 2 is 1.89 bits per heavy atom. The van der Waals surface area contributed by atoms with Crippen LogP contribution in [0.1, 0.15) is 11.7 Å². The van der Waals surface area contributed by atoms with Gasteiger partial charge in [-0.2, -0.15) is 0 Å². The fraction of sp³-hybridized carbons (Fsp3) is 0.385. The number of carbonyl (C=O) groups is 2. The van der Waals surface area contributed by atoms with Crippen LogP contribution >= 0.6 is 0 Å². The zero-order chi connectivity index (χ0) is 14.3. The fourth-order valence-corrected chi connectivity index (χ4v) is 1.53. The summed E-state index contributed by atoms with van der Waals surface area (Å²) < 4.78 is 9.45. The maximum Gasteiger partial charge on any atom is 0.336 e. The van der Waals surface area contributed by atoms with Crippen LogP contribution in [-0.2, 0) is 19.1 Å². The van der Waals surface area contributed by atoms with Crippen LogP contribution in [0, 0.1) is 0 Å². The number of ether oxygens (including phenoxy) is 2. The summed E-state index contributed by atoms with van der Waals surface area (Å²) in [6.45, 7) is -0.224. The summed E-state index contributed by atoms with van der Waals surface area (Å²) in [5, 5.41) is 11.8. The average Bonchev–Trinajstić information content (AvgIpc) is 2.45. The Morgan fingerprint density at radius 1 is 1.26 bits per heavy atom. The molecule has 19 heavy (non-hydrogen) atoms. The number of esters is 1. The van der Waals surface area contributed by atoms with E-state index in [1.807, 2.05) is 6.07 Å². The van der Waals surface area contributed by atoms with Crippen molar-refractivity contribution in [1.29, 1.82) is 0 Å². The molecule has 2 unspecified atom stereocenters. The van der Waals surface area contributed by atoms with Crippen molar-refractivity contribution in [2.75, 3.05) is 20.8 Å². The van der Waals surface area contributed by atoms with Gasteiger partial charge in [0.25, 0.3) is 5.91 Å². The van der Waals surface area contributed by atoms with Crippen LogP contribution in [0.4, 0.5) is 0 Å². The predicted molar refractivity (Wildman–Crippen MR) is 67.2 cm³/mol. The molecule has 0 spiro atoms. The summed E-state index contributed by atoms with van der Waals surface area (Å²) in [4.78, 5) is 22.9. The van der Waals surface area contributed by atoms with Crippen molar-refractivity contribution in [1.82, 2.24) is 5.32 Å². The fourth-order valence-electron chi connectivity index (χ4n) is 1.53. The number of amides is 1. The van der Waals surface area contributed by atoms with E-state index in [9.17, 15) is 14.7 Å². The molecule has 2 atom stereocenters. The Bertz CT molecular complexity index is 420. The van der Waals surface area contributed by atoms with Crippen LogP contribution in [-0.4, -0.2) is 43.9 Å². The minimum absolute atomic E-state index is 0.224. The van der Waals surface area contributed by atoms with E-state index in [4.69, 9.17) is 4.74 Å². The molecule has 0 saturated heterocycles. The van der Waals surface area contributed by atoms with E-state index in [-0.39, 0.29) is 6.54 Å². The van der Waals surface area contributed by atoms with Gasteiger partial charge in [-0.25, -0.2) is 4.79 Å². The summed E-state index contributed by atoms with van der Waals surface area (Å²) in [7, 11) is 2.57. The van der Waals surface area contributed by atoms with Gasteiger partial charge < -0.3 is 19.9 Å². The molecule has 2 N–H and O–H groups in total. The van der Waals surface area contributed by atoms with E-state index in [1.54, 1.807) is 24.3 Å². The molecule has 6 nitrogen and oxygen atoms in total. The van der Waals surface area contributed by atoms with Gasteiger partial charge in [0.15, 0.2) is 12.2 Å². The Labute approximate surface area is 111 Å². The molecular weight excluding hydrogens is 250 g/mol. The Morgan fingerprint density at radius 3 is 2.42 bits per heavy atom. The monoisotopic (exact) mass is 267 g/mol. The van der Waals surface area contributed by atoms with Gasteiger partial charge in [0.1, 0.15) is 0 Å². The minimum atomic E-state index is -1.39. The molecule has 1 aromatic rings. The molecule has 1 rings (SSSR count). The Balaban J connectivity index is 2.59. The molecule has 0 heterocycles. The number of hydrogen-bond acceptors (Lipinski definition) is 5. The normalized spacial score (nSPS) is 13.4. The Hall–Kier alpha value is -1.92. The molecule has 1 amide bonds. The number of carbonyl (C=O) groups excluding carboxylic acids is 2. The molecule has 0 radical (unpaired) electrons. The smallest absolute Gasteiger partial charge is 0.336 e. The highest BCUT2D eigenvalue weighted by Crippen LogP contribution is 2.15. The molecule has 0 aliphatic heterocycles. The van der Waals surface area contributed by atoms with E-state index < -0.39 is 24.1 Å². The van der Waals surface area contributed by atoms with Crippen molar-refractivity contribution in [3.8, 4) is 0 Å². The quantitative estimate of drug-likeness (QED) is 0.710. The topological polar surface area (TPSA) is 84.9 Å². The molecule has 0 aromatic heterocycles. The first-order chi connectivity index (χ1) is 9.10. The van der Waals surface area contributed by atoms with E-state index in [0.29, 0.717) is 5.56 Å². The van der Waals surface area contributed by atoms with Gasteiger partial charge in [-0.3, -0.25) is 4.79 Å². The summed E-state index contributed by atoms with van der Waals surface area (Å²) in [6, 6.07) is 8.92. The lowest BCUT2D eigenvalue weighted by atomic mass is 10.1. The highest BCUT2D eigenvalue weighted by Gasteiger charge is 2.22. The van der Waals surface area contributed by atoms with Crippen molar-refractivity contribution in [3.63, 3.8) is 0 Å². The number of aliphatic hydroxyl groups excluding tert-OH is 1. The SMILES string of the molecule is COC(=O)C(O)CNC(=O)C(OC)c1ccccc1. The second-order valence-electron chi connectivity index (χ2n) is 3.81. The van der Waals surface area contributed by atoms with Crippen LogP contribution in [0.15, 0.2) is 30.3 Å². The number of aliphatic hydroxyl groups is 1. The molecule has 1 aromatic carbocycles. The summed E-state index contributed by atoms with van der Waals surface area (Å²) >= 11 is 0. The molecule has 0 saturated carbocycles. The number of hydrogen-bond donors (Lipinski definition) is 2. The Kier molecular flexibility index (Phi) is 5.98. The summed E-state index contributed by atoms with van der Waals surface area (Å²) in [5.41, 5.74) is 0.690. The van der Waals surface area contributed by atoms with Crippen LogP contribution in [0.25, 0.3) is 0 Å². The number of benzene rings is 1. The lowest BCUT2D eigenvalue weighted by Crippen LogP contribution is -2.39. The van der Waals surface area contributed by atoms with E-state index >= 15 is 0 Å². The second-order valence-corrected chi connectivity index (χ2v) is 3.81. The third-order valence-corrected chi connectivity index (χ3v) is 2.52. The highest BCUT2D eigenvalue weighted by molar-refractivity contribution is 5.83. The first-order valence-electron chi connectivity index (χ1n) is 5.71. The van der Waals surface area contributed by atoms with Gasteiger partial charge in [0, 0.05) is 7.11 Å². The average molecular weight is 267 g/mol. The standard InChI is InChI=1S/C13H17NO5/c1-18-11(9-6-4-3-5-7-9)12(16)14-8-10(15)13(17)19-2/h3-7,10-11,15H,8H2,1-2H3,(H,14,16). The molecular formula is C13H17NO5. The van der Waals surface area contributed by atoms with Crippen molar-refractivity contribution < 1.29 is 24.2 Å². The van der Waals surface area contributed by atoms with Crippen molar-refractivity contribution >= 4 is 11.9 Å². The zero-order valence-corrected chi connectivity index (χ0v) is 10.8. The molecule has 0 aliphatic rings. The molecule has 104 valence electrons. The summed E-state index contributed by atoms with van der Waals surface area (Å²) in [6.07, 6.45) is -2.17. The van der Waals surface area contributed by atoms with Gasteiger partial charge >= 0.3 is 5.97 Å². The first-order valence-corrected chi connectivity index (χ1v) is 5.71. The van der Waals surface area contributed by atoms with Crippen molar-refractivity contribution in [2.45, 2.75) is 12.2 Å².